The van der Waals surface area contributed by atoms with Gasteiger partial charge in [-0.1, -0.05) is 36.4 Å². The molecule has 0 saturated heterocycles. The van der Waals surface area contributed by atoms with Gasteiger partial charge in [-0.25, -0.2) is 0 Å². The Balaban J connectivity index is 1.99. The van der Waals surface area contributed by atoms with Crippen LogP contribution in [0.25, 0.3) is 10.8 Å². The van der Waals surface area contributed by atoms with Gasteiger partial charge in [-0.15, -0.1) is 0 Å². The molecule has 0 spiro atoms. The van der Waals surface area contributed by atoms with Gasteiger partial charge in [0.15, 0.2) is 0 Å². The van der Waals surface area contributed by atoms with Crippen molar-refractivity contribution in [2.45, 2.75) is 0 Å². The Kier molecular flexibility index (Phi) is 3.23. The van der Waals surface area contributed by atoms with Crippen LogP contribution >= 0.6 is 0 Å². The molecule has 0 bridgehead atoms. The van der Waals surface area contributed by atoms with Crippen molar-refractivity contribution in [3.63, 3.8) is 0 Å². The summed E-state index contributed by atoms with van der Waals surface area (Å²) in [7, 11) is 0. The Bertz CT molecular complexity index is 827. The average molecular weight is 283 g/mol. The van der Waals surface area contributed by atoms with Crippen LogP contribution in [0, 0.1) is 15.9 Å². The van der Waals surface area contributed by atoms with E-state index in [-0.39, 0.29) is 5.75 Å². The highest BCUT2D eigenvalue weighted by atomic mass is 19.1. The molecule has 3 aromatic carbocycles. The summed E-state index contributed by atoms with van der Waals surface area (Å²) in [5, 5.41) is 12.5. The van der Waals surface area contributed by atoms with Crippen molar-refractivity contribution >= 4 is 16.5 Å². The van der Waals surface area contributed by atoms with E-state index in [2.05, 4.69) is 0 Å². The highest BCUT2D eigenvalue weighted by Crippen LogP contribution is 2.31. The van der Waals surface area contributed by atoms with Gasteiger partial charge in [-0.2, -0.15) is 4.39 Å². The van der Waals surface area contributed by atoms with Crippen LogP contribution in [0.4, 0.5) is 10.1 Å². The molecule has 0 unspecified atom stereocenters. The van der Waals surface area contributed by atoms with E-state index in [0.29, 0.717) is 5.75 Å². The third-order valence-corrected chi connectivity index (χ3v) is 3.09. The summed E-state index contributed by atoms with van der Waals surface area (Å²) < 4.78 is 19.2. The first kappa shape index (κ1) is 13.1. The second kappa shape index (κ2) is 5.20. The highest BCUT2D eigenvalue weighted by Gasteiger charge is 2.14. The maximum Gasteiger partial charge on any atom is 0.305 e. The molecule has 3 rings (SSSR count). The van der Waals surface area contributed by atoms with E-state index >= 15 is 0 Å². The molecule has 0 atom stereocenters. The van der Waals surface area contributed by atoms with Gasteiger partial charge >= 0.3 is 5.69 Å². The molecule has 5 heteroatoms. The van der Waals surface area contributed by atoms with Crippen LogP contribution in [-0.2, 0) is 0 Å². The highest BCUT2D eigenvalue weighted by molar-refractivity contribution is 5.88. The largest absolute Gasteiger partial charge is 0.457 e. The topological polar surface area (TPSA) is 52.4 Å². The van der Waals surface area contributed by atoms with Crippen molar-refractivity contribution < 1.29 is 14.1 Å². The van der Waals surface area contributed by atoms with E-state index in [1.807, 2.05) is 36.4 Å². The predicted octanol–water partition coefficient (Wildman–Crippen LogP) is 4.68. The maximum atomic E-state index is 13.6. The molecule has 0 aliphatic rings. The van der Waals surface area contributed by atoms with E-state index < -0.39 is 16.4 Å². The van der Waals surface area contributed by atoms with Gasteiger partial charge in [0.1, 0.15) is 11.5 Å². The number of nitro benzene ring substituents is 1. The number of ether oxygens (including phenoxy) is 1. The minimum absolute atomic E-state index is 0.217. The summed E-state index contributed by atoms with van der Waals surface area (Å²) in [6.07, 6.45) is 0. The molecular formula is C16H10FNO3. The van der Waals surface area contributed by atoms with Crippen LogP contribution < -0.4 is 4.74 Å². The number of halogens is 1. The zero-order valence-corrected chi connectivity index (χ0v) is 10.8. The summed E-state index contributed by atoms with van der Waals surface area (Å²) in [5.74, 6) is -0.131. The van der Waals surface area contributed by atoms with Gasteiger partial charge in [0.25, 0.3) is 0 Å². The van der Waals surface area contributed by atoms with E-state index in [9.17, 15) is 14.5 Å². The zero-order chi connectivity index (χ0) is 14.8. The lowest BCUT2D eigenvalue weighted by molar-refractivity contribution is -0.387. The third kappa shape index (κ3) is 2.53. The van der Waals surface area contributed by atoms with Gasteiger partial charge in [0.2, 0.25) is 5.82 Å². The monoisotopic (exact) mass is 283 g/mol. The normalized spacial score (nSPS) is 10.5. The molecule has 0 aromatic heterocycles. The quantitative estimate of drug-likeness (QED) is 0.518. The second-order valence-electron chi connectivity index (χ2n) is 4.45. The van der Waals surface area contributed by atoms with Crippen molar-refractivity contribution in [1.29, 1.82) is 0 Å². The molecule has 0 aliphatic carbocycles. The van der Waals surface area contributed by atoms with Crippen molar-refractivity contribution in [3.8, 4) is 11.5 Å². The number of fused-ring (bicyclic) bond motifs is 1. The number of nitro groups is 1. The Morgan fingerprint density at radius 1 is 1.00 bits per heavy atom. The predicted molar refractivity (Wildman–Crippen MR) is 77.1 cm³/mol. The first-order valence-corrected chi connectivity index (χ1v) is 6.25. The molecule has 0 heterocycles. The summed E-state index contributed by atoms with van der Waals surface area (Å²) in [4.78, 5) is 9.82. The van der Waals surface area contributed by atoms with Crippen molar-refractivity contribution in [1.82, 2.24) is 0 Å². The van der Waals surface area contributed by atoms with Crippen LogP contribution in [0.2, 0.25) is 0 Å². The van der Waals surface area contributed by atoms with Gasteiger partial charge < -0.3 is 4.74 Å². The number of nitrogens with zero attached hydrogens (tertiary/aromatic N) is 1. The van der Waals surface area contributed by atoms with Gasteiger partial charge in [-0.05, 0) is 17.5 Å². The molecular weight excluding hydrogens is 273 g/mol. The molecule has 0 fully saturated rings. The molecule has 21 heavy (non-hydrogen) atoms. The van der Waals surface area contributed by atoms with Crippen LogP contribution in [-0.4, -0.2) is 4.92 Å². The summed E-state index contributed by atoms with van der Waals surface area (Å²) in [6, 6.07) is 16.7. The summed E-state index contributed by atoms with van der Waals surface area (Å²) in [6.45, 7) is 0. The van der Waals surface area contributed by atoms with Gasteiger partial charge in [0.05, 0.1) is 4.92 Å². The van der Waals surface area contributed by atoms with Gasteiger partial charge in [-0.3, -0.25) is 10.1 Å². The van der Waals surface area contributed by atoms with Crippen LogP contribution in [0.5, 0.6) is 11.5 Å². The molecule has 0 aliphatic heterocycles. The number of hydrogen-bond acceptors (Lipinski definition) is 3. The van der Waals surface area contributed by atoms with E-state index in [4.69, 9.17) is 4.74 Å². The van der Waals surface area contributed by atoms with Crippen LogP contribution in [0.1, 0.15) is 0 Å². The van der Waals surface area contributed by atoms with Crippen LogP contribution in [0.3, 0.4) is 0 Å². The molecule has 0 saturated carbocycles. The average Bonchev–Trinajstić information content (AvgIpc) is 2.47. The van der Waals surface area contributed by atoms with Gasteiger partial charge in [0, 0.05) is 17.5 Å². The van der Waals surface area contributed by atoms with Crippen LogP contribution in [0.15, 0.2) is 60.7 Å². The Morgan fingerprint density at radius 3 is 2.52 bits per heavy atom. The first-order valence-electron chi connectivity index (χ1n) is 6.25. The van der Waals surface area contributed by atoms with Crippen molar-refractivity contribution in [2.24, 2.45) is 0 Å². The van der Waals surface area contributed by atoms with E-state index in [0.717, 1.165) is 22.9 Å². The number of rotatable bonds is 3. The minimum Gasteiger partial charge on any atom is -0.457 e. The summed E-state index contributed by atoms with van der Waals surface area (Å²) >= 11 is 0. The Hall–Kier alpha value is -2.95. The smallest absolute Gasteiger partial charge is 0.305 e. The lowest BCUT2D eigenvalue weighted by atomic mass is 10.1. The minimum atomic E-state index is -0.919. The standard InChI is InChI=1S/C16H10FNO3/c17-14-10-12(8-9-15(14)18(19)20)21-16-7-3-5-11-4-1-2-6-13(11)16/h1-10H. The maximum absolute atomic E-state index is 13.6. The molecule has 104 valence electrons. The fraction of sp³-hybridized carbons (Fsp3) is 0. The first-order chi connectivity index (χ1) is 10.1. The second-order valence-corrected chi connectivity index (χ2v) is 4.45. The fourth-order valence-corrected chi connectivity index (χ4v) is 2.11. The zero-order valence-electron chi connectivity index (χ0n) is 10.8. The number of benzene rings is 3. The van der Waals surface area contributed by atoms with Crippen molar-refractivity contribution in [2.75, 3.05) is 0 Å². The lowest BCUT2D eigenvalue weighted by Gasteiger charge is -2.09. The SMILES string of the molecule is O=[N+]([O-])c1ccc(Oc2cccc3ccccc23)cc1F. The molecule has 4 nitrogen and oxygen atoms in total. The summed E-state index contributed by atoms with van der Waals surface area (Å²) in [5.41, 5.74) is -0.569. The van der Waals surface area contributed by atoms with Crippen molar-refractivity contribution in [3.05, 3.63) is 76.6 Å². The fourth-order valence-electron chi connectivity index (χ4n) is 2.11. The Labute approximate surface area is 119 Å². The number of hydrogen-bond donors (Lipinski definition) is 0. The third-order valence-electron chi connectivity index (χ3n) is 3.09. The molecule has 0 N–H and O–H groups in total. The molecule has 0 radical (unpaired) electrons. The lowest BCUT2D eigenvalue weighted by Crippen LogP contribution is -1.93. The Morgan fingerprint density at radius 2 is 1.76 bits per heavy atom. The van der Waals surface area contributed by atoms with E-state index in [1.165, 1.54) is 6.07 Å². The molecule has 0 amide bonds. The van der Waals surface area contributed by atoms with E-state index in [1.54, 1.807) is 6.07 Å². The molecule has 3 aromatic rings.